The minimum absolute atomic E-state index is 0.100. The van der Waals surface area contributed by atoms with E-state index in [9.17, 15) is 4.79 Å². The maximum Gasteiger partial charge on any atom is 0.224 e. The number of hydrogen-bond acceptors (Lipinski definition) is 2. The molecular weight excluding hydrogens is 286 g/mol. The highest BCUT2D eigenvalue weighted by Crippen LogP contribution is 2.47. The lowest BCUT2D eigenvalue weighted by Gasteiger charge is -2.16. The smallest absolute Gasteiger partial charge is 0.224 e. The Labute approximate surface area is 137 Å². The maximum absolute atomic E-state index is 12.3. The minimum Gasteiger partial charge on any atom is -0.355 e. The highest BCUT2D eigenvalue weighted by Gasteiger charge is 2.42. The molecule has 0 radical (unpaired) electrons. The first-order valence-corrected chi connectivity index (χ1v) is 8.29. The van der Waals surface area contributed by atoms with E-state index in [0.29, 0.717) is 6.42 Å². The van der Waals surface area contributed by atoms with E-state index < -0.39 is 0 Å². The number of rotatable bonds is 6. The predicted molar refractivity (Wildman–Crippen MR) is 91.2 cm³/mol. The number of hydrogen-bond donors (Lipinski definition) is 1. The van der Waals surface area contributed by atoms with Gasteiger partial charge in [0.2, 0.25) is 5.91 Å². The molecule has 23 heavy (non-hydrogen) atoms. The van der Waals surface area contributed by atoms with Crippen molar-refractivity contribution >= 4 is 5.91 Å². The van der Waals surface area contributed by atoms with Crippen molar-refractivity contribution in [1.82, 2.24) is 15.1 Å². The van der Waals surface area contributed by atoms with E-state index in [2.05, 4.69) is 34.7 Å². The van der Waals surface area contributed by atoms with Gasteiger partial charge in [0, 0.05) is 24.8 Å². The van der Waals surface area contributed by atoms with Gasteiger partial charge in [-0.05, 0) is 44.1 Å². The van der Waals surface area contributed by atoms with Crippen LogP contribution in [0.3, 0.4) is 0 Å². The maximum atomic E-state index is 12.3. The molecule has 122 valence electrons. The Morgan fingerprint density at radius 3 is 2.52 bits per heavy atom. The molecule has 0 saturated heterocycles. The highest BCUT2D eigenvalue weighted by atomic mass is 16.1. The summed E-state index contributed by atoms with van der Waals surface area (Å²) < 4.78 is 1.84. The number of nitrogens with one attached hydrogen (secondary N) is 1. The second kappa shape index (κ2) is 6.19. The van der Waals surface area contributed by atoms with E-state index in [-0.39, 0.29) is 11.3 Å². The van der Waals surface area contributed by atoms with Gasteiger partial charge in [-0.1, -0.05) is 30.3 Å². The molecule has 1 aromatic carbocycles. The summed E-state index contributed by atoms with van der Waals surface area (Å²) in [7, 11) is 1.92. The molecule has 0 atom stereocenters. The molecule has 1 aromatic heterocycles. The largest absolute Gasteiger partial charge is 0.355 e. The van der Waals surface area contributed by atoms with Gasteiger partial charge in [-0.2, -0.15) is 5.10 Å². The van der Waals surface area contributed by atoms with Crippen molar-refractivity contribution in [2.45, 2.75) is 39.5 Å². The van der Waals surface area contributed by atoms with Crippen molar-refractivity contribution in [3.8, 4) is 0 Å². The molecule has 0 aliphatic heterocycles. The first-order chi connectivity index (χ1) is 11.0. The van der Waals surface area contributed by atoms with Crippen LogP contribution in [0.1, 0.15) is 35.4 Å². The topological polar surface area (TPSA) is 46.9 Å². The fourth-order valence-corrected chi connectivity index (χ4v) is 3.20. The Bertz CT molecular complexity index is 699. The van der Waals surface area contributed by atoms with Gasteiger partial charge in [0.05, 0.1) is 12.1 Å². The summed E-state index contributed by atoms with van der Waals surface area (Å²) in [4.78, 5) is 12.3. The Morgan fingerprint density at radius 2 is 1.96 bits per heavy atom. The summed E-state index contributed by atoms with van der Waals surface area (Å²) in [6.45, 7) is 4.76. The van der Waals surface area contributed by atoms with Crippen molar-refractivity contribution in [3.05, 3.63) is 52.8 Å². The fourth-order valence-electron chi connectivity index (χ4n) is 3.20. The molecule has 1 fully saturated rings. The Morgan fingerprint density at radius 1 is 1.26 bits per heavy atom. The van der Waals surface area contributed by atoms with Gasteiger partial charge in [-0.3, -0.25) is 9.48 Å². The molecule has 1 aliphatic carbocycles. The number of aromatic nitrogens is 2. The molecule has 0 unspecified atom stereocenters. The zero-order chi connectivity index (χ0) is 16.4. The van der Waals surface area contributed by atoms with Gasteiger partial charge < -0.3 is 5.32 Å². The van der Waals surface area contributed by atoms with E-state index >= 15 is 0 Å². The van der Waals surface area contributed by atoms with Crippen molar-refractivity contribution in [3.63, 3.8) is 0 Å². The number of benzene rings is 1. The fraction of sp³-hybridized carbons (Fsp3) is 0.474. The Hall–Kier alpha value is -2.10. The van der Waals surface area contributed by atoms with Crippen LogP contribution < -0.4 is 5.32 Å². The first kappa shape index (κ1) is 15.8. The molecule has 1 heterocycles. The van der Waals surface area contributed by atoms with Gasteiger partial charge in [0.15, 0.2) is 0 Å². The van der Waals surface area contributed by atoms with Gasteiger partial charge in [0.25, 0.3) is 0 Å². The lowest BCUT2D eigenvalue weighted by molar-refractivity contribution is -0.120. The van der Waals surface area contributed by atoms with E-state index in [1.54, 1.807) is 0 Å². The molecule has 1 saturated carbocycles. The predicted octanol–water partition coefficient (Wildman–Crippen LogP) is 2.72. The summed E-state index contributed by atoms with van der Waals surface area (Å²) in [5.74, 6) is 0.100. The summed E-state index contributed by atoms with van der Waals surface area (Å²) in [5.41, 5.74) is 4.71. The molecule has 1 aliphatic rings. The van der Waals surface area contributed by atoms with Crippen LogP contribution in [0.2, 0.25) is 0 Å². The monoisotopic (exact) mass is 311 g/mol. The van der Waals surface area contributed by atoms with E-state index in [0.717, 1.165) is 29.9 Å². The van der Waals surface area contributed by atoms with E-state index in [1.807, 2.05) is 31.6 Å². The van der Waals surface area contributed by atoms with Gasteiger partial charge in [-0.25, -0.2) is 0 Å². The quantitative estimate of drug-likeness (QED) is 0.891. The van der Waals surface area contributed by atoms with Gasteiger partial charge in [-0.15, -0.1) is 0 Å². The summed E-state index contributed by atoms with van der Waals surface area (Å²) in [6, 6.07) is 10.5. The second-order valence-corrected chi connectivity index (χ2v) is 6.89. The summed E-state index contributed by atoms with van der Waals surface area (Å²) in [5, 5.41) is 7.52. The minimum atomic E-state index is 0.100. The van der Waals surface area contributed by atoms with Crippen LogP contribution in [-0.2, 0) is 24.7 Å². The molecule has 1 amide bonds. The zero-order valence-electron chi connectivity index (χ0n) is 14.2. The van der Waals surface area contributed by atoms with Crippen molar-refractivity contribution < 1.29 is 4.79 Å². The van der Waals surface area contributed by atoms with Crippen LogP contribution in [0.5, 0.6) is 0 Å². The standard InChI is InChI=1S/C19H25N3O/c1-14-17(15(2)22(3)21-14)11-18(23)20-13-19(9-10-19)12-16-7-5-4-6-8-16/h4-8H,9-13H2,1-3H3,(H,20,23). The number of carbonyl (C=O) groups is 1. The van der Waals surface area contributed by atoms with Gasteiger partial charge in [0.1, 0.15) is 0 Å². The summed E-state index contributed by atoms with van der Waals surface area (Å²) >= 11 is 0. The van der Waals surface area contributed by atoms with E-state index in [1.165, 1.54) is 18.4 Å². The average Bonchev–Trinajstić information content (AvgIpc) is 3.25. The molecule has 2 aromatic rings. The number of nitrogens with zero attached hydrogens (tertiary/aromatic N) is 2. The molecule has 0 spiro atoms. The molecular formula is C19H25N3O. The van der Waals surface area contributed by atoms with Crippen molar-refractivity contribution in [2.75, 3.05) is 6.54 Å². The van der Waals surface area contributed by atoms with E-state index in [4.69, 9.17) is 0 Å². The Kier molecular flexibility index (Phi) is 4.24. The van der Waals surface area contributed by atoms with Crippen LogP contribution in [0, 0.1) is 19.3 Å². The zero-order valence-corrected chi connectivity index (χ0v) is 14.2. The highest BCUT2D eigenvalue weighted by molar-refractivity contribution is 5.79. The molecule has 4 heteroatoms. The number of aryl methyl sites for hydroxylation is 2. The number of amides is 1. The summed E-state index contributed by atoms with van der Waals surface area (Å²) in [6.07, 6.45) is 3.88. The molecule has 3 rings (SSSR count). The lowest BCUT2D eigenvalue weighted by Crippen LogP contribution is -2.32. The Balaban J connectivity index is 1.55. The van der Waals surface area contributed by atoms with Crippen LogP contribution in [-0.4, -0.2) is 22.2 Å². The van der Waals surface area contributed by atoms with Crippen LogP contribution >= 0.6 is 0 Å². The van der Waals surface area contributed by atoms with Crippen molar-refractivity contribution in [2.24, 2.45) is 12.5 Å². The van der Waals surface area contributed by atoms with Crippen LogP contribution in [0.25, 0.3) is 0 Å². The lowest BCUT2D eigenvalue weighted by atomic mass is 9.96. The second-order valence-electron chi connectivity index (χ2n) is 6.89. The molecule has 1 N–H and O–H groups in total. The first-order valence-electron chi connectivity index (χ1n) is 8.29. The third-order valence-electron chi connectivity index (χ3n) is 5.04. The van der Waals surface area contributed by atoms with Gasteiger partial charge >= 0.3 is 0 Å². The SMILES string of the molecule is Cc1nn(C)c(C)c1CC(=O)NCC1(Cc2ccccc2)CC1. The van der Waals surface area contributed by atoms with Crippen molar-refractivity contribution in [1.29, 1.82) is 0 Å². The number of carbonyl (C=O) groups excluding carboxylic acids is 1. The third-order valence-corrected chi connectivity index (χ3v) is 5.04. The van der Waals surface area contributed by atoms with Crippen LogP contribution in [0.4, 0.5) is 0 Å². The average molecular weight is 311 g/mol. The third kappa shape index (κ3) is 3.63. The normalized spacial score (nSPS) is 15.4. The molecule has 0 bridgehead atoms. The molecule has 4 nitrogen and oxygen atoms in total. The van der Waals surface area contributed by atoms with Crippen LogP contribution in [0.15, 0.2) is 30.3 Å².